The van der Waals surface area contributed by atoms with Gasteiger partial charge >= 0.3 is 5.97 Å². The van der Waals surface area contributed by atoms with Crippen molar-refractivity contribution in [2.75, 3.05) is 0 Å². The first-order valence-electron chi connectivity index (χ1n) is 7.10. The molecule has 0 unspecified atom stereocenters. The molecule has 6 heteroatoms. The normalized spacial score (nSPS) is 12.3. The van der Waals surface area contributed by atoms with Gasteiger partial charge in [0.05, 0.1) is 6.54 Å². The van der Waals surface area contributed by atoms with Crippen LogP contribution in [0.25, 0.3) is 22.4 Å². The Morgan fingerprint density at radius 3 is 2.52 bits per heavy atom. The first kappa shape index (κ1) is 13.4. The third kappa shape index (κ3) is 2.30. The Balaban J connectivity index is 1.68. The quantitative estimate of drug-likeness (QED) is 0.778. The van der Waals surface area contributed by atoms with Crippen molar-refractivity contribution in [3.8, 4) is 22.4 Å². The van der Waals surface area contributed by atoms with E-state index in [1.165, 1.54) is 11.1 Å². The Morgan fingerprint density at radius 1 is 1.00 bits per heavy atom. The summed E-state index contributed by atoms with van der Waals surface area (Å²) in [5, 5.41) is 19.0. The molecule has 0 saturated carbocycles. The van der Waals surface area contributed by atoms with Crippen LogP contribution >= 0.6 is 0 Å². The van der Waals surface area contributed by atoms with Gasteiger partial charge in [0.1, 0.15) is 5.69 Å². The Bertz CT molecular complexity index is 926. The SMILES string of the molecule is O=C(O)c1n[nH]nc1-c1ccc(-c2ccc3c(c2)CN=C3)cc1. The van der Waals surface area contributed by atoms with E-state index in [-0.39, 0.29) is 5.69 Å². The highest BCUT2D eigenvalue weighted by molar-refractivity contribution is 5.92. The number of carboxylic acids is 1. The zero-order valence-corrected chi connectivity index (χ0v) is 12.0. The molecule has 0 fully saturated rings. The van der Waals surface area contributed by atoms with E-state index in [1.54, 1.807) is 0 Å². The van der Waals surface area contributed by atoms with Gasteiger partial charge in [-0.1, -0.05) is 36.4 Å². The van der Waals surface area contributed by atoms with Crippen LogP contribution in [-0.2, 0) is 6.54 Å². The molecule has 0 amide bonds. The number of rotatable bonds is 3. The maximum Gasteiger partial charge on any atom is 0.358 e. The molecule has 4 rings (SSSR count). The van der Waals surface area contributed by atoms with Crippen LogP contribution in [0.1, 0.15) is 21.6 Å². The third-order valence-electron chi connectivity index (χ3n) is 3.88. The molecule has 0 spiro atoms. The Morgan fingerprint density at radius 2 is 1.74 bits per heavy atom. The number of aromatic amines is 1. The average Bonchev–Trinajstić information content (AvgIpc) is 3.23. The Kier molecular flexibility index (Phi) is 3.01. The molecule has 0 saturated heterocycles. The van der Waals surface area contributed by atoms with Gasteiger partial charge in [-0.3, -0.25) is 4.99 Å². The van der Waals surface area contributed by atoms with E-state index in [0.717, 1.165) is 17.7 Å². The lowest BCUT2D eigenvalue weighted by molar-refractivity contribution is 0.0691. The number of benzene rings is 2. The average molecular weight is 304 g/mol. The fraction of sp³-hybridized carbons (Fsp3) is 0.0588. The largest absolute Gasteiger partial charge is 0.476 e. The van der Waals surface area contributed by atoms with E-state index in [2.05, 4.69) is 38.6 Å². The lowest BCUT2D eigenvalue weighted by Gasteiger charge is -2.06. The van der Waals surface area contributed by atoms with Crippen LogP contribution in [0, 0.1) is 0 Å². The topological polar surface area (TPSA) is 91.2 Å². The second-order valence-corrected chi connectivity index (χ2v) is 5.29. The van der Waals surface area contributed by atoms with Gasteiger partial charge in [0.15, 0.2) is 5.69 Å². The zero-order valence-electron chi connectivity index (χ0n) is 12.0. The molecule has 1 aliphatic heterocycles. The minimum Gasteiger partial charge on any atom is -0.476 e. The van der Waals surface area contributed by atoms with Gasteiger partial charge in [0.2, 0.25) is 0 Å². The predicted octanol–water partition coefficient (Wildman–Crippen LogP) is 2.77. The molecule has 2 heterocycles. The maximum absolute atomic E-state index is 11.1. The van der Waals surface area contributed by atoms with Crippen molar-refractivity contribution in [3.63, 3.8) is 0 Å². The fourth-order valence-electron chi connectivity index (χ4n) is 2.69. The second-order valence-electron chi connectivity index (χ2n) is 5.29. The van der Waals surface area contributed by atoms with Crippen molar-refractivity contribution in [1.82, 2.24) is 15.4 Å². The zero-order chi connectivity index (χ0) is 15.8. The third-order valence-corrected chi connectivity index (χ3v) is 3.88. The van der Waals surface area contributed by atoms with Gasteiger partial charge in [-0.15, -0.1) is 5.10 Å². The highest BCUT2D eigenvalue weighted by atomic mass is 16.4. The summed E-state index contributed by atoms with van der Waals surface area (Å²) >= 11 is 0. The summed E-state index contributed by atoms with van der Waals surface area (Å²) in [6.07, 6.45) is 1.89. The van der Waals surface area contributed by atoms with Crippen molar-refractivity contribution in [2.24, 2.45) is 4.99 Å². The Hall–Kier alpha value is -3.28. The summed E-state index contributed by atoms with van der Waals surface area (Å²) in [5.41, 5.74) is 5.53. The van der Waals surface area contributed by atoms with Crippen molar-refractivity contribution in [2.45, 2.75) is 6.54 Å². The van der Waals surface area contributed by atoms with Crippen molar-refractivity contribution >= 4 is 12.2 Å². The number of nitrogens with zero attached hydrogens (tertiary/aromatic N) is 3. The van der Waals surface area contributed by atoms with Crippen molar-refractivity contribution in [3.05, 3.63) is 59.3 Å². The molecular formula is C17H12N4O2. The first-order chi connectivity index (χ1) is 11.2. The van der Waals surface area contributed by atoms with E-state index in [4.69, 9.17) is 5.11 Å². The number of carbonyl (C=O) groups is 1. The van der Waals surface area contributed by atoms with Crippen LogP contribution in [0.4, 0.5) is 0 Å². The first-order valence-corrected chi connectivity index (χ1v) is 7.10. The molecule has 2 aromatic carbocycles. The van der Waals surface area contributed by atoms with Crippen LogP contribution in [0.2, 0.25) is 0 Å². The molecule has 1 aromatic heterocycles. The molecule has 0 atom stereocenters. The van der Waals surface area contributed by atoms with Gasteiger partial charge in [0.25, 0.3) is 0 Å². The van der Waals surface area contributed by atoms with Crippen molar-refractivity contribution < 1.29 is 9.90 Å². The van der Waals surface area contributed by atoms with Crippen LogP contribution < -0.4 is 0 Å². The fourth-order valence-corrected chi connectivity index (χ4v) is 2.69. The van der Waals surface area contributed by atoms with E-state index in [0.29, 0.717) is 11.3 Å². The van der Waals surface area contributed by atoms with Gasteiger partial charge in [-0.2, -0.15) is 10.3 Å². The van der Waals surface area contributed by atoms with E-state index in [1.807, 2.05) is 30.5 Å². The number of aromatic carboxylic acids is 1. The summed E-state index contributed by atoms with van der Waals surface area (Å²) in [6, 6.07) is 13.9. The summed E-state index contributed by atoms with van der Waals surface area (Å²) in [4.78, 5) is 15.4. The molecule has 1 aliphatic rings. The predicted molar refractivity (Wildman–Crippen MR) is 85.5 cm³/mol. The molecule has 0 radical (unpaired) electrons. The van der Waals surface area contributed by atoms with Crippen LogP contribution in [0.5, 0.6) is 0 Å². The summed E-state index contributed by atoms with van der Waals surface area (Å²) in [5.74, 6) is -1.10. The number of fused-ring (bicyclic) bond motifs is 1. The lowest BCUT2D eigenvalue weighted by Crippen LogP contribution is -1.99. The van der Waals surface area contributed by atoms with E-state index in [9.17, 15) is 4.79 Å². The number of nitrogens with one attached hydrogen (secondary N) is 1. The monoisotopic (exact) mass is 304 g/mol. The van der Waals surface area contributed by atoms with Crippen LogP contribution in [-0.4, -0.2) is 32.7 Å². The highest BCUT2D eigenvalue weighted by Crippen LogP contribution is 2.27. The molecule has 0 bridgehead atoms. The summed E-state index contributed by atoms with van der Waals surface area (Å²) < 4.78 is 0. The number of carboxylic acid groups (broad SMARTS) is 1. The van der Waals surface area contributed by atoms with Gasteiger partial charge in [-0.25, -0.2) is 4.79 Å². The maximum atomic E-state index is 11.1. The van der Waals surface area contributed by atoms with Gasteiger partial charge < -0.3 is 5.11 Å². The highest BCUT2D eigenvalue weighted by Gasteiger charge is 2.16. The number of hydrogen-bond acceptors (Lipinski definition) is 4. The number of aromatic nitrogens is 3. The van der Waals surface area contributed by atoms with Gasteiger partial charge in [0, 0.05) is 11.8 Å². The standard InChI is InChI=1S/C17H12N4O2/c22-17(23)16-15(19-21-20-16)11-3-1-10(2-4-11)12-5-6-13-8-18-9-14(13)7-12/h1-8H,9H2,(H,22,23)(H,19,20,21). The smallest absolute Gasteiger partial charge is 0.358 e. The van der Waals surface area contributed by atoms with E-state index >= 15 is 0 Å². The molecule has 112 valence electrons. The van der Waals surface area contributed by atoms with Crippen molar-refractivity contribution in [1.29, 1.82) is 0 Å². The van der Waals surface area contributed by atoms with Crippen LogP contribution in [0.3, 0.4) is 0 Å². The molecule has 23 heavy (non-hydrogen) atoms. The molecule has 6 nitrogen and oxygen atoms in total. The lowest BCUT2D eigenvalue weighted by atomic mass is 9.99. The van der Waals surface area contributed by atoms with Gasteiger partial charge in [-0.05, 0) is 28.3 Å². The van der Waals surface area contributed by atoms with Crippen LogP contribution in [0.15, 0.2) is 47.5 Å². The molecule has 2 N–H and O–H groups in total. The van der Waals surface area contributed by atoms with E-state index < -0.39 is 5.97 Å². The number of H-pyrrole nitrogens is 1. The minimum absolute atomic E-state index is 0.0765. The molecule has 0 aliphatic carbocycles. The molecular weight excluding hydrogens is 292 g/mol. The number of hydrogen-bond donors (Lipinski definition) is 2. The second kappa shape index (κ2) is 5.17. The molecule has 3 aromatic rings. The summed E-state index contributed by atoms with van der Waals surface area (Å²) in [6.45, 7) is 0.724. The minimum atomic E-state index is -1.10. The summed E-state index contributed by atoms with van der Waals surface area (Å²) in [7, 11) is 0. The number of aliphatic imine (C=N–C) groups is 1. The Labute approximate surface area is 131 Å².